The Labute approximate surface area is 148 Å². The van der Waals surface area contributed by atoms with Crippen molar-refractivity contribution in [2.75, 3.05) is 12.5 Å². The predicted octanol–water partition coefficient (Wildman–Crippen LogP) is 1.24. The standard InChI is InChI=1S/C17H16N2O5S/c1-17-7-6-13(20)19(17)12(8-25-17)16(23)24-9-18-14(21)10-4-2-3-5-11(10)15(18)22/h2-5,12H,6-9H2,1H3. The third-order valence-corrected chi connectivity index (χ3v) is 6.44. The zero-order valence-corrected chi connectivity index (χ0v) is 14.4. The molecule has 2 atom stereocenters. The molecule has 3 aliphatic heterocycles. The quantitative estimate of drug-likeness (QED) is 0.596. The summed E-state index contributed by atoms with van der Waals surface area (Å²) in [6, 6.07) is 5.82. The second kappa shape index (κ2) is 5.59. The molecule has 0 spiro atoms. The number of ether oxygens (including phenoxy) is 1. The first-order valence-electron chi connectivity index (χ1n) is 8.00. The second-order valence-electron chi connectivity index (χ2n) is 6.44. The van der Waals surface area contributed by atoms with Crippen LogP contribution in [0.4, 0.5) is 0 Å². The van der Waals surface area contributed by atoms with Gasteiger partial charge in [0.05, 0.1) is 16.0 Å². The number of fused-ring (bicyclic) bond motifs is 2. The van der Waals surface area contributed by atoms with Crippen LogP contribution >= 0.6 is 11.8 Å². The van der Waals surface area contributed by atoms with Crippen LogP contribution in [0, 0.1) is 0 Å². The molecular formula is C17H16N2O5S. The topological polar surface area (TPSA) is 84.0 Å². The van der Waals surface area contributed by atoms with E-state index in [-0.39, 0.29) is 10.8 Å². The summed E-state index contributed by atoms with van der Waals surface area (Å²) in [5.74, 6) is -1.13. The van der Waals surface area contributed by atoms with E-state index in [1.165, 1.54) is 0 Å². The van der Waals surface area contributed by atoms with Crippen LogP contribution in [0.5, 0.6) is 0 Å². The SMILES string of the molecule is CC12CCC(=O)N1C(C(=O)OCN1C(=O)c3ccccc3C1=O)CS2. The molecule has 0 aliphatic carbocycles. The molecule has 0 aromatic heterocycles. The number of esters is 1. The minimum absolute atomic E-state index is 0.0600. The van der Waals surface area contributed by atoms with Gasteiger partial charge in [-0.1, -0.05) is 12.1 Å². The first-order valence-corrected chi connectivity index (χ1v) is 8.99. The Hall–Kier alpha value is -2.35. The molecule has 0 radical (unpaired) electrons. The molecule has 1 aromatic carbocycles. The third kappa shape index (κ3) is 2.35. The van der Waals surface area contributed by atoms with Crippen LogP contribution in [0.1, 0.15) is 40.5 Å². The van der Waals surface area contributed by atoms with Crippen molar-refractivity contribution >= 4 is 35.5 Å². The minimum atomic E-state index is -0.666. The number of carbonyl (C=O) groups excluding carboxylic acids is 4. The van der Waals surface area contributed by atoms with Crippen LogP contribution in [0.15, 0.2) is 24.3 Å². The highest BCUT2D eigenvalue weighted by atomic mass is 32.2. The summed E-state index contributed by atoms with van der Waals surface area (Å²) in [5, 5.41) is 0. The average Bonchev–Trinajstić information content (AvgIpc) is 3.18. The van der Waals surface area contributed by atoms with E-state index in [0.717, 1.165) is 4.90 Å². The van der Waals surface area contributed by atoms with Crippen molar-refractivity contribution in [1.29, 1.82) is 0 Å². The van der Waals surface area contributed by atoms with Crippen LogP contribution in [0.2, 0.25) is 0 Å². The van der Waals surface area contributed by atoms with Crippen LogP contribution in [-0.2, 0) is 14.3 Å². The number of thioether (sulfide) groups is 1. The number of benzene rings is 1. The number of carbonyl (C=O) groups is 4. The van der Waals surface area contributed by atoms with Gasteiger partial charge >= 0.3 is 5.97 Å². The molecule has 0 bridgehead atoms. The van der Waals surface area contributed by atoms with E-state index in [9.17, 15) is 19.2 Å². The molecule has 8 heteroatoms. The van der Waals surface area contributed by atoms with Gasteiger partial charge in [0, 0.05) is 12.2 Å². The van der Waals surface area contributed by atoms with Gasteiger partial charge in [-0.25, -0.2) is 9.69 Å². The van der Waals surface area contributed by atoms with Gasteiger partial charge in [-0.2, -0.15) is 0 Å². The normalized spacial score (nSPS) is 27.7. The molecular weight excluding hydrogens is 344 g/mol. The van der Waals surface area contributed by atoms with Crippen LogP contribution in [-0.4, -0.2) is 56.9 Å². The Morgan fingerprint density at radius 2 is 1.88 bits per heavy atom. The molecule has 130 valence electrons. The lowest BCUT2D eigenvalue weighted by Crippen LogP contribution is -2.47. The number of imide groups is 1. The molecule has 4 rings (SSSR count). The molecule has 0 N–H and O–H groups in total. The average molecular weight is 360 g/mol. The zero-order chi connectivity index (χ0) is 17.8. The molecule has 3 amide bonds. The number of nitrogens with zero attached hydrogens (tertiary/aromatic N) is 2. The van der Waals surface area contributed by atoms with Gasteiger partial charge in [0.2, 0.25) is 5.91 Å². The Morgan fingerprint density at radius 1 is 1.24 bits per heavy atom. The van der Waals surface area contributed by atoms with Gasteiger partial charge in [-0.05, 0) is 25.5 Å². The first-order chi connectivity index (χ1) is 11.9. The largest absolute Gasteiger partial charge is 0.442 e. The maximum Gasteiger partial charge on any atom is 0.331 e. The van der Waals surface area contributed by atoms with E-state index in [1.54, 1.807) is 40.9 Å². The van der Waals surface area contributed by atoms with Gasteiger partial charge in [-0.15, -0.1) is 11.8 Å². The fourth-order valence-corrected chi connectivity index (χ4v) is 4.99. The molecule has 0 saturated carbocycles. The summed E-state index contributed by atoms with van der Waals surface area (Å²) >= 11 is 1.56. The van der Waals surface area contributed by atoms with E-state index in [4.69, 9.17) is 4.74 Å². The first kappa shape index (κ1) is 16.1. The summed E-state index contributed by atoms with van der Waals surface area (Å²) in [7, 11) is 0. The number of rotatable bonds is 3. The number of hydrogen-bond donors (Lipinski definition) is 0. The van der Waals surface area contributed by atoms with Gasteiger partial charge in [0.1, 0.15) is 6.04 Å². The zero-order valence-electron chi connectivity index (χ0n) is 13.6. The highest BCUT2D eigenvalue weighted by molar-refractivity contribution is 8.01. The van der Waals surface area contributed by atoms with Gasteiger partial charge in [-0.3, -0.25) is 14.4 Å². The Kier molecular flexibility index (Phi) is 3.61. The van der Waals surface area contributed by atoms with E-state index >= 15 is 0 Å². The molecule has 7 nitrogen and oxygen atoms in total. The maximum absolute atomic E-state index is 12.4. The monoisotopic (exact) mass is 360 g/mol. The van der Waals surface area contributed by atoms with Gasteiger partial charge < -0.3 is 9.64 Å². The highest BCUT2D eigenvalue weighted by Gasteiger charge is 2.53. The van der Waals surface area contributed by atoms with Crippen molar-refractivity contribution in [3.8, 4) is 0 Å². The van der Waals surface area contributed by atoms with E-state index in [0.29, 0.717) is 29.7 Å². The van der Waals surface area contributed by atoms with Crippen LogP contribution < -0.4 is 0 Å². The predicted molar refractivity (Wildman–Crippen MR) is 88.6 cm³/mol. The Morgan fingerprint density at radius 3 is 2.52 bits per heavy atom. The van der Waals surface area contributed by atoms with Crippen molar-refractivity contribution < 1.29 is 23.9 Å². The van der Waals surface area contributed by atoms with Crippen LogP contribution in [0.25, 0.3) is 0 Å². The molecule has 2 unspecified atom stereocenters. The molecule has 3 heterocycles. The molecule has 25 heavy (non-hydrogen) atoms. The summed E-state index contributed by atoms with van der Waals surface area (Å²) < 4.78 is 5.22. The summed E-state index contributed by atoms with van der Waals surface area (Å²) in [6.45, 7) is 1.51. The van der Waals surface area contributed by atoms with Crippen molar-refractivity contribution in [3.05, 3.63) is 35.4 Å². The molecule has 2 fully saturated rings. The van der Waals surface area contributed by atoms with Crippen LogP contribution in [0.3, 0.4) is 0 Å². The molecule has 3 aliphatic rings. The fraction of sp³-hybridized carbons (Fsp3) is 0.412. The smallest absolute Gasteiger partial charge is 0.331 e. The lowest BCUT2D eigenvalue weighted by atomic mass is 10.1. The Bertz CT molecular complexity index is 775. The Balaban J connectivity index is 1.44. The van der Waals surface area contributed by atoms with Gasteiger partial charge in [0.25, 0.3) is 11.8 Å². The summed E-state index contributed by atoms with van der Waals surface area (Å²) in [4.78, 5) is 51.2. The van der Waals surface area contributed by atoms with E-state index < -0.39 is 30.6 Å². The summed E-state index contributed by atoms with van der Waals surface area (Å²) in [5.41, 5.74) is 0.615. The molecule has 1 aromatic rings. The van der Waals surface area contributed by atoms with Crippen molar-refractivity contribution in [3.63, 3.8) is 0 Å². The van der Waals surface area contributed by atoms with Crippen molar-refractivity contribution in [1.82, 2.24) is 9.80 Å². The lowest BCUT2D eigenvalue weighted by molar-refractivity contribution is -0.155. The molecule has 2 saturated heterocycles. The minimum Gasteiger partial charge on any atom is -0.442 e. The number of amides is 3. The van der Waals surface area contributed by atoms with E-state index in [2.05, 4.69) is 0 Å². The van der Waals surface area contributed by atoms with Crippen molar-refractivity contribution in [2.45, 2.75) is 30.7 Å². The highest BCUT2D eigenvalue weighted by Crippen LogP contribution is 2.47. The second-order valence-corrected chi connectivity index (χ2v) is 7.94. The maximum atomic E-state index is 12.4. The van der Waals surface area contributed by atoms with Gasteiger partial charge in [0.15, 0.2) is 6.73 Å². The lowest BCUT2D eigenvalue weighted by Gasteiger charge is -2.29. The number of hydrogen-bond acceptors (Lipinski definition) is 6. The van der Waals surface area contributed by atoms with E-state index in [1.807, 2.05) is 6.92 Å². The third-order valence-electron chi connectivity index (χ3n) is 4.93. The fourth-order valence-electron chi connectivity index (χ4n) is 3.58. The summed E-state index contributed by atoms with van der Waals surface area (Å²) in [6.07, 6.45) is 1.13. The van der Waals surface area contributed by atoms with Crippen molar-refractivity contribution in [2.24, 2.45) is 0 Å².